The molecule has 30 heavy (non-hydrogen) atoms. The van der Waals surface area contributed by atoms with E-state index in [1.165, 1.54) is 68.5 Å². The number of carboxylic acids is 1. The summed E-state index contributed by atoms with van der Waals surface area (Å²) in [5.41, 5.74) is 4.70. The molecule has 2 N–H and O–H groups in total. The molecule has 5 nitrogen and oxygen atoms in total. The van der Waals surface area contributed by atoms with Crippen molar-refractivity contribution in [3.8, 4) is 11.3 Å². The van der Waals surface area contributed by atoms with Gasteiger partial charge in [-0.05, 0) is 70.0 Å². The van der Waals surface area contributed by atoms with Crippen LogP contribution in [0.15, 0.2) is 52.9 Å². The van der Waals surface area contributed by atoms with Crippen molar-refractivity contribution in [1.29, 1.82) is 0 Å². The normalized spacial score (nSPS) is 15.3. The van der Waals surface area contributed by atoms with E-state index in [1.807, 2.05) is 0 Å². The van der Waals surface area contributed by atoms with Crippen molar-refractivity contribution in [3.63, 3.8) is 0 Å². The zero-order chi connectivity index (χ0) is 21.3. The summed E-state index contributed by atoms with van der Waals surface area (Å²) in [6, 6.07) is 17.2. The highest BCUT2D eigenvalue weighted by molar-refractivity contribution is 5.86. The minimum atomic E-state index is -0.833. The second-order valence-corrected chi connectivity index (χ2v) is 7.87. The molecule has 2 aliphatic rings. The first kappa shape index (κ1) is 21.9. The molecule has 0 spiro atoms. The van der Waals surface area contributed by atoms with E-state index in [1.54, 1.807) is 0 Å². The number of aliphatic carboxylic acids is 1. The predicted molar refractivity (Wildman–Crippen MR) is 123 cm³/mol. The summed E-state index contributed by atoms with van der Waals surface area (Å²) >= 11 is 0. The number of piperidine rings is 1. The molecule has 0 unspecified atom stereocenters. The fraction of sp³-hybridized carbons (Fsp3) is 0.400. The van der Waals surface area contributed by atoms with Crippen LogP contribution in [0.2, 0.25) is 0 Å². The number of nitrogens with one attached hydrogen (secondary N) is 1. The van der Waals surface area contributed by atoms with Crippen LogP contribution in [0, 0.1) is 6.92 Å². The zero-order valence-corrected chi connectivity index (χ0v) is 18.0. The Hall–Kier alpha value is -2.79. The molecule has 5 heteroatoms. The fourth-order valence-electron chi connectivity index (χ4n) is 3.42. The van der Waals surface area contributed by atoms with Crippen molar-refractivity contribution in [2.24, 2.45) is 0 Å². The van der Waals surface area contributed by atoms with Crippen LogP contribution < -0.4 is 10.2 Å². The third kappa shape index (κ3) is 6.36. The largest absolute Gasteiger partial charge is 0.481 e. The van der Waals surface area contributed by atoms with Gasteiger partial charge in [-0.1, -0.05) is 29.8 Å². The van der Waals surface area contributed by atoms with Gasteiger partial charge in [0, 0.05) is 36.7 Å². The second kappa shape index (κ2) is 10.8. The number of carbonyl (C=O) groups is 1. The Morgan fingerprint density at radius 2 is 1.57 bits per heavy atom. The molecule has 0 aliphatic carbocycles. The molecular formula is C25H32N2O3. The minimum absolute atomic E-state index is 0.833. The van der Waals surface area contributed by atoms with Crippen LogP contribution in [0.1, 0.15) is 38.2 Å². The molecule has 0 atom stereocenters. The van der Waals surface area contributed by atoms with Gasteiger partial charge in [0.1, 0.15) is 11.3 Å². The Labute approximate surface area is 178 Å². The molecule has 3 aromatic rings. The SMILES string of the molecule is C1CNC1.CC(=O)O.Cc1ccc(-c2cc3cc(N4CCCCC4)ccc3o2)cc1. The Morgan fingerprint density at radius 1 is 0.967 bits per heavy atom. The summed E-state index contributed by atoms with van der Waals surface area (Å²) in [5, 5.41) is 11.7. The van der Waals surface area contributed by atoms with Gasteiger partial charge in [-0.3, -0.25) is 4.79 Å². The number of aryl methyl sites for hydroxylation is 1. The van der Waals surface area contributed by atoms with Crippen LogP contribution in [-0.2, 0) is 4.79 Å². The van der Waals surface area contributed by atoms with Crippen molar-refractivity contribution >= 4 is 22.6 Å². The predicted octanol–water partition coefficient (Wildman–Crippen LogP) is 5.47. The molecule has 3 heterocycles. The van der Waals surface area contributed by atoms with E-state index >= 15 is 0 Å². The first-order valence-corrected chi connectivity index (χ1v) is 10.8. The number of nitrogens with zero attached hydrogens (tertiary/aromatic N) is 1. The van der Waals surface area contributed by atoms with Gasteiger partial charge >= 0.3 is 0 Å². The van der Waals surface area contributed by atoms with Crippen molar-refractivity contribution in [3.05, 3.63) is 54.1 Å². The summed E-state index contributed by atoms with van der Waals surface area (Å²) in [7, 11) is 0. The van der Waals surface area contributed by atoms with Gasteiger partial charge in [0.15, 0.2) is 0 Å². The molecule has 5 rings (SSSR count). The van der Waals surface area contributed by atoms with Crippen LogP contribution in [-0.4, -0.2) is 37.3 Å². The Bertz CT molecular complexity index is 929. The molecule has 160 valence electrons. The fourth-order valence-corrected chi connectivity index (χ4v) is 3.42. The number of hydrogen-bond donors (Lipinski definition) is 2. The van der Waals surface area contributed by atoms with Gasteiger partial charge in [0.2, 0.25) is 0 Å². The number of fused-ring (bicyclic) bond motifs is 1. The maximum Gasteiger partial charge on any atom is 0.300 e. The van der Waals surface area contributed by atoms with Gasteiger partial charge in [-0.2, -0.15) is 0 Å². The van der Waals surface area contributed by atoms with Crippen LogP contribution >= 0.6 is 0 Å². The molecular weight excluding hydrogens is 376 g/mol. The van der Waals surface area contributed by atoms with E-state index in [4.69, 9.17) is 14.3 Å². The van der Waals surface area contributed by atoms with Crippen molar-refractivity contribution < 1.29 is 14.3 Å². The Kier molecular flexibility index (Phi) is 7.91. The maximum absolute atomic E-state index is 9.00. The highest BCUT2D eigenvalue weighted by Gasteiger charge is 2.13. The van der Waals surface area contributed by atoms with Gasteiger partial charge in [-0.25, -0.2) is 0 Å². The molecule has 0 bridgehead atoms. The zero-order valence-electron chi connectivity index (χ0n) is 18.0. The molecule has 2 aliphatic heterocycles. The van der Waals surface area contributed by atoms with E-state index in [2.05, 4.69) is 65.7 Å². The van der Waals surface area contributed by atoms with Crippen molar-refractivity contribution in [1.82, 2.24) is 5.32 Å². The standard InChI is InChI=1S/C20H21NO.C3H7N.C2H4O2/c1-15-5-7-16(8-6-15)20-14-17-13-18(9-10-19(17)22-20)21-11-3-2-4-12-21;1-2-4-3-1;1-2(3)4/h5-10,13-14H,2-4,11-12H2,1H3;4H,1-3H2;1H3,(H,3,4). The molecule has 2 aromatic carbocycles. The molecule has 0 radical (unpaired) electrons. The smallest absolute Gasteiger partial charge is 0.300 e. The molecule has 2 fully saturated rings. The Morgan fingerprint density at radius 3 is 2.13 bits per heavy atom. The van der Waals surface area contributed by atoms with E-state index in [-0.39, 0.29) is 0 Å². The summed E-state index contributed by atoms with van der Waals surface area (Å²) in [6.07, 6.45) is 5.36. The second-order valence-electron chi connectivity index (χ2n) is 7.87. The van der Waals surface area contributed by atoms with Gasteiger partial charge < -0.3 is 19.7 Å². The van der Waals surface area contributed by atoms with E-state index in [9.17, 15) is 0 Å². The third-order valence-corrected chi connectivity index (χ3v) is 5.26. The minimum Gasteiger partial charge on any atom is -0.481 e. The molecule has 1 aromatic heterocycles. The number of hydrogen-bond acceptors (Lipinski definition) is 4. The maximum atomic E-state index is 9.00. The average molecular weight is 409 g/mol. The van der Waals surface area contributed by atoms with Crippen LogP contribution in [0.5, 0.6) is 0 Å². The van der Waals surface area contributed by atoms with Gasteiger partial charge in [0.05, 0.1) is 0 Å². The van der Waals surface area contributed by atoms with Crippen LogP contribution in [0.4, 0.5) is 5.69 Å². The molecule has 0 saturated carbocycles. The van der Waals surface area contributed by atoms with Crippen molar-refractivity contribution in [2.45, 2.75) is 39.5 Å². The molecule has 0 amide bonds. The van der Waals surface area contributed by atoms with E-state index in [0.717, 1.165) is 23.8 Å². The highest BCUT2D eigenvalue weighted by Crippen LogP contribution is 2.31. The summed E-state index contributed by atoms with van der Waals surface area (Å²) in [4.78, 5) is 11.5. The number of benzene rings is 2. The van der Waals surface area contributed by atoms with Crippen LogP contribution in [0.3, 0.4) is 0 Å². The third-order valence-electron chi connectivity index (χ3n) is 5.26. The summed E-state index contributed by atoms with van der Waals surface area (Å²) in [5.74, 6) is 0.116. The quantitative estimate of drug-likeness (QED) is 0.589. The van der Waals surface area contributed by atoms with Gasteiger partial charge in [0.25, 0.3) is 5.97 Å². The Balaban J connectivity index is 0.000000272. The summed E-state index contributed by atoms with van der Waals surface area (Å²) in [6.45, 7) is 8.04. The monoisotopic (exact) mass is 408 g/mol. The number of anilines is 1. The first-order chi connectivity index (χ1) is 14.5. The van der Waals surface area contributed by atoms with Crippen LogP contribution in [0.25, 0.3) is 22.3 Å². The number of carboxylic acid groups (broad SMARTS) is 1. The first-order valence-electron chi connectivity index (χ1n) is 10.8. The lowest BCUT2D eigenvalue weighted by molar-refractivity contribution is -0.134. The lowest BCUT2D eigenvalue weighted by Gasteiger charge is -2.28. The lowest BCUT2D eigenvalue weighted by Crippen LogP contribution is -2.29. The lowest BCUT2D eigenvalue weighted by atomic mass is 10.1. The van der Waals surface area contributed by atoms with Crippen molar-refractivity contribution in [2.75, 3.05) is 31.1 Å². The number of rotatable bonds is 2. The topological polar surface area (TPSA) is 65.7 Å². The van der Waals surface area contributed by atoms with E-state index in [0.29, 0.717) is 0 Å². The highest BCUT2D eigenvalue weighted by atomic mass is 16.4. The average Bonchev–Trinajstić information content (AvgIpc) is 3.11. The molecule has 2 saturated heterocycles. The summed E-state index contributed by atoms with van der Waals surface area (Å²) < 4.78 is 6.02. The number of furan rings is 1. The van der Waals surface area contributed by atoms with Gasteiger partial charge in [-0.15, -0.1) is 0 Å². The van der Waals surface area contributed by atoms with E-state index < -0.39 is 5.97 Å².